The lowest BCUT2D eigenvalue weighted by Gasteiger charge is -2.27. The number of fused-ring (bicyclic) bond motifs is 5. The fourth-order valence-electron chi connectivity index (χ4n) is 4.05. The van der Waals surface area contributed by atoms with Gasteiger partial charge in [0.1, 0.15) is 0 Å². The molecule has 0 heterocycles. The normalized spacial score (nSPS) is 46.3. The van der Waals surface area contributed by atoms with Crippen molar-refractivity contribution < 1.29 is 5.11 Å². The summed E-state index contributed by atoms with van der Waals surface area (Å²) < 4.78 is 0. The molecule has 16 heavy (non-hydrogen) atoms. The van der Waals surface area contributed by atoms with Gasteiger partial charge in [-0.05, 0) is 55.8 Å². The van der Waals surface area contributed by atoms with Crippen molar-refractivity contribution in [2.24, 2.45) is 29.6 Å². The zero-order valence-electron chi connectivity index (χ0n) is 10.3. The van der Waals surface area contributed by atoms with E-state index in [0.717, 1.165) is 23.7 Å². The maximum Gasteiger partial charge on any atom is 0.0572 e. The van der Waals surface area contributed by atoms with Crippen molar-refractivity contribution >= 4 is 0 Å². The summed E-state index contributed by atoms with van der Waals surface area (Å²) in [5.41, 5.74) is 1.64. The molecule has 0 aromatic rings. The molecule has 3 rings (SSSR count). The van der Waals surface area contributed by atoms with Gasteiger partial charge in [0.25, 0.3) is 0 Å². The number of allylic oxidation sites excluding steroid dienone is 3. The molecular formula is C15H22O. The molecule has 0 saturated heterocycles. The third-order valence-corrected chi connectivity index (χ3v) is 5.10. The van der Waals surface area contributed by atoms with Crippen molar-refractivity contribution in [1.29, 1.82) is 0 Å². The van der Waals surface area contributed by atoms with Gasteiger partial charge in [-0.25, -0.2) is 0 Å². The molecule has 0 aromatic carbocycles. The van der Waals surface area contributed by atoms with E-state index in [9.17, 15) is 5.11 Å². The van der Waals surface area contributed by atoms with E-state index in [2.05, 4.69) is 25.2 Å². The first kappa shape index (κ1) is 10.6. The molecule has 2 saturated carbocycles. The lowest BCUT2D eigenvalue weighted by Crippen LogP contribution is -2.20. The van der Waals surface area contributed by atoms with E-state index >= 15 is 0 Å². The molecule has 0 radical (unpaired) electrons. The van der Waals surface area contributed by atoms with Crippen LogP contribution in [0.4, 0.5) is 0 Å². The largest absolute Gasteiger partial charge is 0.393 e. The first-order chi connectivity index (χ1) is 7.66. The molecule has 1 nitrogen and oxygen atoms in total. The number of hydrogen-bond acceptors (Lipinski definition) is 1. The Morgan fingerprint density at radius 1 is 1.44 bits per heavy atom. The third-order valence-electron chi connectivity index (χ3n) is 5.10. The second-order valence-electron chi connectivity index (χ2n) is 6.05. The Kier molecular flexibility index (Phi) is 2.47. The Morgan fingerprint density at radius 3 is 3.00 bits per heavy atom. The summed E-state index contributed by atoms with van der Waals surface area (Å²) in [5.74, 6) is 3.88. The summed E-state index contributed by atoms with van der Waals surface area (Å²) in [5, 5.41) is 9.58. The van der Waals surface area contributed by atoms with Crippen LogP contribution in [-0.2, 0) is 0 Å². The van der Waals surface area contributed by atoms with Crippen molar-refractivity contribution in [3.63, 3.8) is 0 Å². The van der Waals surface area contributed by atoms with Crippen molar-refractivity contribution in [3.8, 4) is 0 Å². The summed E-state index contributed by atoms with van der Waals surface area (Å²) in [6.45, 7) is 4.03. The van der Waals surface area contributed by atoms with Gasteiger partial charge in [-0.1, -0.05) is 30.7 Å². The van der Waals surface area contributed by atoms with Crippen molar-refractivity contribution in [3.05, 3.63) is 23.8 Å². The summed E-state index contributed by atoms with van der Waals surface area (Å²) in [6, 6.07) is 0. The summed E-state index contributed by atoms with van der Waals surface area (Å²) >= 11 is 0. The van der Waals surface area contributed by atoms with Crippen LogP contribution in [0, 0.1) is 29.6 Å². The van der Waals surface area contributed by atoms with Gasteiger partial charge in [0.15, 0.2) is 0 Å². The van der Waals surface area contributed by atoms with Crippen LogP contribution in [0.15, 0.2) is 23.8 Å². The second kappa shape index (κ2) is 3.73. The zero-order valence-corrected chi connectivity index (χ0v) is 10.3. The maximum atomic E-state index is 9.58. The minimum atomic E-state index is -0.207. The Labute approximate surface area is 98.2 Å². The lowest BCUT2D eigenvalue weighted by molar-refractivity contribution is 0.156. The Hall–Kier alpha value is -0.560. The molecule has 88 valence electrons. The Bertz CT molecular complexity index is 339. The van der Waals surface area contributed by atoms with E-state index in [1.807, 2.05) is 6.92 Å². The lowest BCUT2D eigenvalue weighted by atomic mass is 9.78. The van der Waals surface area contributed by atoms with Crippen LogP contribution in [0.5, 0.6) is 0 Å². The van der Waals surface area contributed by atoms with E-state index in [0.29, 0.717) is 5.92 Å². The van der Waals surface area contributed by atoms with Crippen LogP contribution < -0.4 is 0 Å². The van der Waals surface area contributed by atoms with Gasteiger partial charge in [0.2, 0.25) is 0 Å². The van der Waals surface area contributed by atoms with Gasteiger partial charge in [-0.2, -0.15) is 0 Å². The van der Waals surface area contributed by atoms with Gasteiger partial charge < -0.3 is 5.11 Å². The molecular weight excluding hydrogens is 196 g/mol. The minimum Gasteiger partial charge on any atom is -0.393 e. The topological polar surface area (TPSA) is 20.2 Å². The predicted octanol–water partition coefficient (Wildman–Crippen LogP) is 3.16. The van der Waals surface area contributed by atoms with E-state index in [1.165, 1.54) is 19.3 Å². The van der Waals surface area contributed by atoms with Gasteiger partial charge in [-0.15, -0.1) is 0 Å². The molecule has 6 atom stereocenters. The zero-order chi connectivity index (χ0) is 11.3. The van der Waals surface area contributed by atoms with Crippen molar-refractivity contribution in [1.82, 2.24) is 0 Å². The van der Waals surface area contributed by atoms with Crippen molar-refractivity contribution in [2.75, 3.05) is 0 Å². The molecule has 0 aliphatic heterocycles. The number of hydrogen-bond donors (Lipinski definition) is 1. The van der Waals surface area contributed by atoms with Crippen LogP contribution in [0.3, 0.4) is 0 Å². The highest BCUT2D eigenvalue weighted by molar-refractivity contribution is 5.27. The number of aliphatic hydroxyl groups excluding tert-OH is 1. The van der Waals surface area contributed by atoms with Crippen LogP contribution >= 0.6 is 0 Å². The quantitative estimate of drug-likeness (QED) is 0.706. The standard InChI is InChI=1S/C15H22O/c1-9(10(2)16)6-11-7-12-8-15(11)14-5-3-4-13(12)14/h3,5-6,9-10,12-16H,4,7-8H2,1-2H3/b11-6-/t9-,10-,12+,13-,14-,15+/m1/s1. The minimum absolute atomic E-state index is 0.207. The van der Waals surface area contributed by atoms with Gasteiger partial charge in [-0.3, -0.25) is 0 Å². The summed E-state index contributed by atoms with van der Waals surface area (Å²) in [4.78, 5) is 0. The predicted molar refractivity (Wildman–Crippen MR) is 65.9 cm³/mol. The third kappa shape index (κ3) is 1.48. The van der Waals surface area contributed by atoms with E-state index < -0.39 is 0 Å². The van der Waals surface area contributed by atoms with E-state index in [1.54, 1.807) is 5.57 Å². The average molecular weight is 218 g/mol. The molecule has 2 fully saturated rings. The van der Waals surface area contributed by atoms with Crippen molar-refractivity contribution in [2.45, 2.75) is 39.2 Å². The van der Waals surface area contributed by atoms with Crippen LogP contribution in [-0.4, -0.2) is 11.2 Å². The number of aliphatic hydroxyl groups is 1. The molecule has 0 amide bonds. The Morgan fingerprint density at radius 2 is 2.25 bits per heavy atom. The molecule has 3 aliphatic rings. The fourth-order valence-corrected chi connectivity index (χ4v) is 4.05. The molecule has 1 N–H and O–H groups in total. The van der Waals surface area contributed by atoms with E-state index in [4.69, 9.17) is 0 Å². The molecule has 0 spiro atoms. The highest BCUT2D eigenvalue weighted by Gasteiger charge is 2.49. The van der Waals surface area contributed by atoms with Gasteiger partial charge >= 0.3 is 0 Å². The van der Waals surface area contributed by atoms with E-state index in [-0.39, 0.29) is 6.10 Å². The van der Waals surface area contributed by atoms with Crippen LogP contribution in [0.2, 0.25) is 0 Å². The molecule has 3 aliphatic carbocycles. The summed E-state index contributed by atoms with van der Waals surface area (Å²) in [6.07, 6.45) is 11.0. The smallest absolute Gasteiger partial charge is 0.0572 e. The molecule has 1 heteroatoms. The maximum absolute atomic E-state index is 9.58. The monoisotopic (exact) mass is 218 g/mol. The average Bonchev–Trinajstić information content (AvgIpc) is 2.87. The molecule has 0 aromatic heterocycles. The summed E-state index contributed by atoms with van der Waals surface area (Å²) in [7, 11) is 0. The Balaban J connectivity index is 1.79. The van der Waals surface area contributed by atoms with Crippen LogP contribution in [0.1, 0.15) is 33.1 Å². The van der Waals surface area contributed by atoms with Crippen LogP contribution in [0.25, 0.3) is 0 Å². The first-order valence-corrected chi connectivity index (χ1v) is 6.72. The highest BCUT2D eigenvalue weighted by Crippen LogP contribution is 2.58. The second-order valence-corrected chi connectivity index (χ2v) is 6.05. The molecule has 0 unspecified atom stereocenters. The first-order valence-electron chi connectivity index (χ1n) is 6.72. The number of rotatable bonds is 2. The van der Waals surface area contributed by atoms with Gasteiger partial charge in [0.05, 0.1) is 6.10 Å². The highest BCUT2D eigenvalue weighted by atomic mass is 16.3. The molecule has 2 bridgehead atoms. The van der Waals surface area contributed by atoms with Gasteiger partial charge in [0, 0.05) is 0 Å². The SMILES string of the molecule is C[C@H](/C=C1/C[C@H]2C[C@@H]1[C@@H]1C=CC[C@H]21)[C@@H](C)O. The fraction of sp³-hybridized carbons (Fsp3) is 0.733.